The molecule has 90 valence electrons. The molecule has 0 atom stereocenters. The smallest absolute Gasteiger partial charge is 0.264 e. The van der Waals surface area contributed by atoms with Gasteiger partial charge in [-0.25, -0.2) is 0 Å². The van der Waals surface area contributed by atoms with Crippen LogP contribution in [0.1, 0.15) is 25.7 Å². The van der Waals surface area contributed by atoms with Crippen molar-refractivity contribution in [1.29, 1.82) is 0 Å². The third-order valence-corrected chi connectivity index (χ3v) is 3.59. The van der Waals surface area contributed by atoms with E-state index in [1.807, 2.05) is 0 Å². The van der Waals surface area contributed by atoms with E-state index in [1.165, 1.54) is 0 Å². The van der Waals surface area contributed by atoms with Crippen molar-refractivity contribution in [1.82, 2.24) is 15.0 Å². The Morgan fingerprint density at radius 2 is 2.00 bits per heavy atom. The molecule has 1 aliphatic carbocycles. The van der Waals surface area contributed by atoms with Crippen LogP contribution in [0.15, 0.2) is 12.4 Å². The maximum Gasteiger partial charge on any atom is 0.264 e. The Kier molecular flexibility index (Phi) is 2.98. The highest BCUT2D eigenvalue weighted by Crippen LogP contribution is 2.40. The lowest BCUT2D eigenvalue weighted by Crippen LogP contribution is -2.43. The molecule has 1 aromatic heterocycles. The summed E-state index contributed by atoms with van der Waals surface area (Å²) < 4.78 is 26.5. The quantitative estimate of drug-likeness (QED) is 0.707. The molecular formula is C9H15N3O3S. The first-order valence-corrected chi connectivity index (χ1v) is 7.05. The molecule has 7 heteroatoms. The maximum absolute atomic E-state index is 10.8. The molecule has 0 amide bonds. The van der Waals surface area contributed by atoms with Gasteiger partial charge < -0.3 is 0 Å². The summed E-state index contributed by atoms with van der Waals surface area (Å²) in [6, 6.07) is 0. The van der Waals surface area contributed by atoms with E-state index in [9.17, 15) is 8.42 Å². The summed E-state index contributed by atoms with van der Waals surface area (Å²) in [7, 11) is -3.35. The molecule has 0 unspecified atom stereocenters. The molecule has 1 aromatic rings. The Morgan fingerprint density at radius 1 is 1.38 bits per heavy atom. The summed E-state index contributed by atoms with van der Waals surface area (Å²) in [5.41, 5.74) is -0.131. The van der Waals surface area contributed by atoms with Crippen LogP contribution >= 0.6 is 0 Å². The van der Waals surface area contributed by atoms with Crippen molar-refractivity contribution in [3.63, 3.8) is 0 Å². The predicted molar refractivity (Wildman–Crippen MR) is 57.3 cm³/mol. The number of hydrogen-bond donors (Lipinski definition) is 0. The van der Waals surface area contributed by atoms with E-state index < -0.39 is 10.1 Å². The summed E-state index contributed by atoms with van der Waals surface area (Å²) in [4.78, 5) is 1.68. The van der Waals surface area contributed by atoms with Gasteiger partial charge in [0, 0.05) is 0 Å². The molecule has 1 fully saturated rings. The SMILES string of the molecule is CS(=O)(=O)OCCC1(n2nccn2)CCC1. The average molecular weight is 245 g/mol. The van der Waals surface area contributed by atoms with E-state index in [0.717, 1.165) is 25.5 Å². The molecular weight excluding hydrogens is 230 g/mol. The first-order chi connectivity index (χ1) is 7.52. The van der Waals surface area contributed by atoms with Gasteiger partial charge in [0.15, 0.2) is 0 Å². The predicted octanol–water partition coefficient (Wildman–Crippen LogP) is 0.524. The first kappa shape index (κ1) is 11.5. The van der Waals surface area contributed by atoms with Crippen LogP contribution in [0.4, 0.5) is 0 Å². The highest BCUT2D eigenvalue weighted by Gasteiger charge is 2.40. The van der Waals surface area contributed by atoms with E-state index in [1.54, 1.807) is 17.2 Å². The van der Waals surface area contributed by atoms with Gasteiger partial charge in [0.25, 0.3) is 10.1 Å². The fourth-order valence-corrected chi connectivity index (χ4v) is 2.36. The van der Waals surface area contributed by atoms with Gasteiger partial charge in [0.2, 0.25) is 0 Å². The summed E-state index contributed by atoms with van der Waals surface area (Å²) in [6.45, 7) is 0.195. The molecule has 0 bridgehead atoms. The van der Waals surface area contributed by atoms with Crippen molar-refractivity contribution in [2.45, 2.75) is 31.2 Å². The molecule has 0 spiro atoms. The first-order valence-electron chi connectivity index (χ1n) is 5.23. The second-order valence-corrected chi connectivity index (χ2v) is 5.82. The minimum atomic E-state index is -3.35. The van der Waals surface area contributed by atoms with Gasteiger partial charge in [-0.05, 0) is 25.7 Å². The van der Waals surface area contributed by atoms with Gasteiger partial charge in [-0.3, -0.25) is 4.18 Å². The lowest BCUT2D eigenvalue weighted by atomic mass is 9.75. The molecule has 1 saturated carbocycles. The normalized spacial score (nSPS) is 19.3. The highest BCUT2D eigenvalue weighted by molar-refractivity contribution is 7.85. The van der Waals surface area contributed by atoms with Crippen molar-refractivity contribution < 1.29 is 12.6 Å². The minimum absolute atomic E-state index is 0.131. The molecule has 0 N–H and O–H groups in total. The largest absolute Gasteiger partial charge is 0.270 e. The minimum Gasteiger partial charge on any atom is -0.270 e. The van der Waals surface area contributed by atoms with Gasteiger partial charge in [0.1, 0.15) is 0 Å². The molecule has 0 aromatic carbocycles. The topological polar surface area (TPSA) is 74.1 Å². The number of hydrogen-bond acceptors (Lipinski definition) is 5. The lowest BCUT2D eigenvalue weighted by molar-refractivity contribution is 0.0741. The molecule has 6 nitrogen and oxygen atoms in total. The number of nitrogens with zero attached hydrogens (tertiary/aromatic N) is 3. The Hall–Kier alpha value is -0.950. The summed E-state index contributed by atoms with van der Waals surface area (Å²) in [6.07, 6.45) is 8.06. The summed E-state index contributed by atoms with van der Waals surface area (Å²) in [5.74, 6) is 0. The maximum atomic E-state index is 10.8. The lowest BCUT2D eigenvalue weighted by Gasteiger charge is -2.40. The standard InChI is InChI=1S/C9H15N3O3S/c1-16(13,14)15-8-5-9(3-2-4-9)12-10-6-7-11-12/h6-7H,2-5,8H2,1H3. The second-order valence-electron chi connectivity index (χ2n) is 4.17. The fourth-order valence-electron chi connectivity index (χ4n) is 1.98. The van der Waals surface area contributed by atoms with Crippen LogP contribution in [-0.2, 0) is 19.8 Å². The zero-order chi connectivity index (χ0) is 11.6. The van der Waals surface area contributed by atoms with Crippen LogP contribution in [-0.4, -0.2) is 36.3 Å². The summed E-state index contributed by atoms with van der Waals surface area (Å²) >= 11 is 0. The van der Waals surface area contributed by atoms with Crippen molar-refractivity contribution in [3.05, 3.63) is 12.4 Å². The molecule has 0 aliphatic heterocycles. The monoisotopic (exact) mass is 245 g/mol. The van der Waals surface area contributed by atoms with Crippen LogP contribution in [0, 0.1) is 0 Å². The molecule has 2 rings (SSSR count). The van der Waals surface area contributed by atoms with Crippen molar-refractivity contribution in [2.24, 2.45) is 0 Å². The fraction of sp³-hybridized carbons (Fsp3) is 0.778. The van der Waals surface area contributed by atoms with Gasteiger partial charge in [0.05, 0.1) is 30.8 Å². The van der Waals surface area contributed by atoms with Crippen LogP contribution in [0.3, 0.4) is 0 Å². The van der Waals surface area contributed by atoms with Gasteiger partial charge in [-0.15, -0.1) is 0 Å². The van der Waals surface area contributed by atoms with Crippen molar-refractivity contribution in [3.8, 4) is 0 Å². The summed E-state index contributed by atoms with van der Waals surface area (Å²) in [5, 5.41) is 8.25. The molecule has 1 aliphatic rings. The molecule has 1 heterocycles. The Morgan fingerprint density at radius 3 is 2.44 bits per heavy atom. The average Bonchev–Trinajstić information content (AvgIpc) is 2.60. The third kappa shape index (κ3) is 2.41. The van der Waals surface area contributed by atoms with Crippen LogP contribution < -0.4 is 0 Å². The van der Waals surface area contributed by atoms with E-state index in [4.69, 9.17) is 4.18 Å². The third-order valence-electron chi connectivity index (χ3n) is 2.99. The Balaban J connectivity index is 1.96. The zero-order valence-corrected chi connectivity index (χ0v) is 9.98. The van der Waals surface area contributed by atoms with Gasteiger partial charge in [-0.1, -0.05) is 0 Å². The van der Waals surface area contributed by atoms with Crippen molar-refractivity contribution >= 4 is 10.1 Å². The van der Waals surface area contributed by atoms with Crippen molar-refractivity contribution in [2.75, 3.05) is 12.9 Å². The van der Waals surface area contributed by atoms with Crippen LogP contribution in [0.5, 0.6) is 0 Å². The van der Waals surface area contributed by atoms with E-state index in [-0.39, 0.29) is 12.1 Å². The van der Waals surface area contributed by atoms with Gasteiger partial charge >= 0.3 is 0 Å². The Bertz CT molecular complexity index is 437. The van der Waals surface area contributed by atoms with Crippen LogP contribution in [0.2, 0.25) is 0 Å². The molecule has 0 saturated heterocycles. The number of rotatable bonds is 5. The Labute approximate surface area is 94.7 Å². The van der Waals surface area contributed by atoms with E-state index in [2.05, 4.69) is 10.2 Å². The molecule has 16 heavy (non-hydrogen) atoms. The number of aromatic nitrogens is 3. The van der Waals surface area contributed by atoms with E-state index >= 15 is 0 Å². The zero-order valence-electron chi connectivity index (χ0n) is 9.16. The highest BCUT2D eigenvalue weighted by atomic mass is 32.2. The van der Waals surface area contributed by atoms with Gasteiger partial charge in [-0.2, -0.15) is 23.4 Å². The van der Waals surface area contributed by atoms with Crippen LogP contribution in [0.25, 0.3) is 0 Å². The van der Waals surface area contributed by atoms with E-state index in [0.29, 0.717) is 6.42 Å². The second kappa shape index (κ2) is 4.14. The molecule has 0 radical (unpaired) electrons.